The summed E-state index contributed by atoms with van der Waals surface area (Å²) in [6.07, 6.45) is 2.81. The van der Waals surface area contributed by atoms with Gasteiger partial charge in [0.25, 0.3) is 5.91 Å². The van der Waals surface area contributed by atoms with E-state index in [4.69, 9.17) is 4.52 Å². The van der Waals surface area contributed by atoms with Crippen LogP contribution in [-0.2, 0) is 12.8 Å². The van der Waals surface area contributed by atoms with Gasteiger partial charge in [0.1, 0.15) is 0 Å². The topological polar surface area (TPSA) is 46.3 Å². The number of likely N-dealkylation sites (tertiary alicyclic amines) is 1. The minimum atomic E-state index is 0.0158. The lowest BCUT2D eigenvalue weighted by molar-refractivity contribution is 0.0779. The molecule has 5 rings (SSSR count). The molecule has 1 aliphatic heterocycles. The first-order valence-corrected chi connectivity index (χ1v) is 9.58. The predicted molar refractivity (Wildman–Crippen MR) is 96.9 cm³/mol. The molecular weight excluding hydrogens is 332 g/mol. The van der Waals surface area contributed by atoms with Gasteiger partial charge in [0.2, 0.25) is 0 Å². The van der Waals surface area contributed by atoms with Crippen molar-refractivity contribution >= 4 is 17.2 Å². The molecule has 0 saturated carbocycles. The fraction of sp³-hybridized carbons (Fsp3) is 0.300. The van der Waals surface area contributed by atoms with Crippen molar-refractivity contribution in [3.05, 3.63) is 63.5 Å². The summed E-state index contributed by atoms with van der Waals surface area (Å²) in [5.41, 5.74) is 3.92. The molecule has 0 radical (unpaired) electrons. The summed E-state index contributed by atoms with van der Waals surface area (Å²) in [5.74, 6) is 1.23. The lowest BCUT2D eigenvalue weighted by atomic mass is 9.95. The third-order valence-electron chi connectivity index (χ3n) is 5.33. The number of thiophene rings is 1. The fourth-order valence-corrected chi connectivity index (χ4v) is 4.86. The maximum absolute atomic E-state index is 13.0. The van der Waals surface area contributed by atoms with Crippen molar-refractivity contribution in [2.45, 2.75) is 25.2 Å². The van der Waals surface area contributed by atoms with Gasteiger partial charge < -0.3 is 9.42 Å². The van der Waals surface area contributed by atoms with E-state index in [1.54, 1.807) is 11.3 Å². The Kier molecular flexibility index (Phi) is 3.48. The van der Waals surface area contributed by atoms with Crippen molar-refractivity contribution in [1.82, 2.24) is 10.1 Å². The zero-order valence-electron chi connectivity index (χ0n) is 13.8. The van der Waals surface area contributed by atoms with Crippen molar-refractivity contribution in [1.29, 1.82) is 0 Å². The van der Waals surface area contributed by atoms with Crippen LogP contribution >= 0.6 is 11.3 Å². The van der Waals surface area contributed by atoms with Crippen LogP contribution in [-0.4, -0.2) is 29.1 Å². The first-order valence-electron chi connectivity index (χ1n) is 8.71. The van der Waals surface area contributed by atoms with Crippen LogP contribution in [0.3, 0.4) is 0 Å². The zero-order valence-corrected chi connectivity index (χ0v) is 14.6. The van der Waals surface area contributed by atoms with Gasteiger partial charge in [-0.1, -0.05) is 35.5 Å². The molecule has 126 valence electrons. The smallest absolute Gasteiger partial charge is 0.276 e. The quantitative estimate of drug-likeness (QED) is 0.698. The lowest BCUT2D eigenvalue weighted by Gasteiger charge is -2.17. The van der Waals surface area contributed by atoms with Gasteiger partial charge in [-0.05, 0) is 36.3 Å². The van der Waals surface area contributed by atoms with Crippen LogP contribution in [0.25, 0.3) is 11.3 Å². The van der Waals surface area contributed by atoms with E-state index in [1.807, 2.05) is 11.0 Å². The third kappa shape index (κ3) is 2.42. The highest BCUT2D eigenvalue weighted by molar-refractivity contribution is 7.10. The molecule has 25 heavy (non-hydrogen) atoms. The largest absolute Gasteiger partial charge is 0.355 e. The van der Waals surface area contributed by atoms with E-state index in [0.29, 0.717) is 11.6 Å². The number of nitrogens with zero attached hydrogens (tertiary/aromatic N) is 2. The molecule has 5 heteroatoms. The number of hydrogen-bond donors (Lipinski definition) is 0. The molecule has 1 aliphatic carbocycles. The molecule has 2 aliphatic rings. The van der Waals surface area contributed by atoms with Crippen molar-refractivity contribution in [2.75, 3.05) is 13.1 Å². The zero-order chi connectivity index (χ0) is 16.8. The molecule has 3 aromatic rings. The van der Waals surface area contributed by atoms with E-state index in [-0.39, 0.29) is 5.91 Å². The van der Waals surface area contributed by atoms with Gasteiger partial charge in [-0.3, -0.25) is 4.79 Å². The van der Waals surface area contributed by atoms with Gasteiger partial charge in [0.05, 0.1) is 0 Å². The Morgan fingerprint density at radius 2 is 2.08 bits per heavy atom. The number of benzene rings is 1. The van der Waals surface area contributed by atoms with Gasteiger partial charge in [-0.25, -0.2) is 0 Å². The number of aryl methyl sites for hydroxylation is 1. The second-order valence-corrected chi connectivity index (χ2v) is 7.74. The Labute approximate surface area is 150 Å². The van der Waals surface area contributed by atoms with E-state index in [0.717, 1.165) is 49.2 Å². The highest BCUT2D eigenvalue weighted by Gasteiger charge is 2.33. The Balaban J connectivity index is 1.40. The molecule has 3 heterocycles. The Morgan fingerprint density at radius 1 is 1.20 bits per heavy atom. The standard InChI is InChI=1S/C20H18N2O2S/c23-20(22-10-8-14(12-22)13-4-2-1-3-5-13)18-16-6-7-17-15(9-11-25-17)19(16)24-21-18/h1-5,9,11,14H,6-8,10,12H2. The maximum atomic E-state index is 13.0. The van der Waals surface area contributed by atoms with Gasteiger partial charge >= 0.3 is 0 Å². The van der Waals surface area contributed by atoms with Crippen molar-refractivity contribution < 1.29 is 9.32 Å². The molecule has 4 nitrogen and oxygen atoms in total. The first kappa shape index (κ1) is 14.9. The van der Waals surface area contributed by atoms with Crippen LogP contribution < -0.4 is 0 Å². The van der Waals surface area contributed by atoms with Crippen molar-refractivity contribution in [3.63, 3.8) is 0 Å². The molecule has 1 amide bonds. The van der Waals surface area contributed by atoms with Crippen LogP contribution in [0.2, 0.25) is 0 Å². The molecular formula is C20H18N2O2S. The third-order valence-corrected chi connectivity index (χ3v) is 6.31. The minimum Gasteiger partial charge on any atom is -0.355 e. The number of carbonyl (C=O) groups excluding carboxylic acids is 1. The highest BCUT2D eigenvalue weighted by atomic mass is 32.1. The molecule has 1 atom stereocenters. The minimum absolute atomic E-state index is 0.0158. The normalized spacial score (nSPS) is 18.9. The van der Waals surface area contributed by atoms with Crippen LogP contribution in [0.4, 0.5) is 0 Å². The van der Waals surface area contributed by atoms with Crippen molar-refractivity contribution in [2.24, 2.45) is 0 Å². The summed E-state index contributed by atoms with van der Waals surface area (Å²) in [6.45, 7) is 1.54. The average molecular weight is 350 g/mol. The van der Waals surface area contributed by atoms with Gasteiger partial charge in [-0.2, -0.15) is 0 Å². The maximum Gasteiger partial charge on any atom is 0.276 e. The van der Waals surface area contributed by atoms with E-state index in [2.05, 4.69) is 40.9 Å². The average Bonchev–Trinajstić information content (AvgIpc) is 3.39. The van der Waals surface area contributed by atoms with Crippen LogP contribution in [0.5, 0.6) is 0 Å². The number of hydrogen-bond acceptors (Lipinski definition) is 4. The molecule has 1 fully saturated rings. The fourth-order valence-electron chi connectivity index (χ4n) is 3.99. The van der Waals surface area contributed by atoms with E-state index >= 15 is 0 Å². The summed E-state index contributed by atoms with van der Waals surface area (Å²) in [7, 11) is 0. The number of aromatic nitrogens is 1. The number of rotatable bonds is 2. The Morgan fingerprint density at radius 3 is 2.96 bits per heavy atom. The lowest BCUT2D eigenvalue weighted by Crippen LogP contribution is -2.29. The summed E-state index contributed by atoms with van der Waals surface area (Å²) in [4.78, 5) is 16.3. The van der Waals surface area contributed by atoms with E-state index in [9.17, 15) is 4.79 Å². The SMILES string of the molecule is O=C(c1noc2c1CCc1sccc1-2)N1CCC(c2ccccc2)C1. The summed E-state index contributed by atoms with van der Waals surface area (Å²) in [5, 5.41) is 6.24. The molecule has 1 unspecified atom stereocenters. The van der Waals surface area contributed by atoms with Crippen LogP contribution in [0, 0.1) is 0 Å². The number of carbonyl (C=O) groups is 1. The summed E-state index contributed by atoms with van der Waals surface area (Å²) < 4.78 is 5.57. The van der Waals surface area contributed by atoms with Gasteiger partial charge in [0, 0.05) is 35.0 Å². The molecule has 1 aromatic carbocycles. The molecule has 0 spiro atoms. The second-order valence-electron chi connectivity index (χ2n) is 6.74. The van der Waals surface area contributed by atoms with Crippen molar-refractivity contribution in [3.8, 4) is 11.3 Å². The monoisotopic (exact) mass is 350 g/mol. The number of amides is 1. The van der Waals surface area contributed by atoms with Crippen LogP contribution in [0.1, 0.15) is 38.8 Å². The Bertz CT molecular complexity index is 928. The highest BCUT2D eigenvalue weighted by Crippen LogP contribution is 2.38. The molecule has 2 aromatic heterocycles. The number of fused-ring (bicyclic) bond motifs is 3. The molecule has 0 bridgehead atoms. The Hall–Kier alpha value is -2.40. The molecule has 1 saturated heterocycles. The predicted octanol–water partition coefficient (Wildman–Crippen LogP) is 4.13. The first-order chi connectivity index (χ1) is 12.3. The second kappa shape index (κ2) is 5.85. The summed E-state index contributed by atoms with van der Waals surface area (Å²) in [6, 6.07) is 12.5. The van der Waals surface area contributed by atoms with Gasteiger partial charge in [0.15, 0.2) is 11.5 Å². The van der Waals surface area contributed by atoms with Gasteiger partial charge in [-0.15, -0.1) is 11.3 Å². The van der Waals surface area contributed by atoms with E-state index in [1.165, 1.54) is 10.4 Å². The molecule has 0 N–H and O–H groups in total. The summed E-state index contributed by atoms with van der Waals surface area (Å²) >= 11 is 1.75. The van der Waals surface area contributed by atoms with Crippen LogP contribution in [0.15, 0.2) is 46.3 Å². The van der Waals surface area contributed by atoms with E-state index < -0.39 is 0 Å².